The van der Waals surface area contributed by atoms with Crippen LogP contribution in [-0.4, -0.2) is 40.8 Å². The highest BCUT2D eigenvalue weighted by molar-refractivity contribution is 7.71. The number of nitrogens with one attached hydrogen (secondary N) is 1. The molecule has 0 unspecified atom stereocenters. The summed E-state index contributed by atoms with van der Waals surface area (Å²) in [7, 11) is -10.5. The van der Waals surface area contributed by atoms with E-state index in [4.69, 9.17) is 0 Å². The van der Waals surface area contributed by atoms with Crippen molar-refractivity contribution in [3.63, 3.8) is 0 Å². The van der Waals surface area contributed by atoms with Gasteiger partial charge in [0.1, 0.15) is 10.6 Å². The number of ketones is 1. The fraction of sp³-hybridized carbons (Fsp3) is 0.0952. The van der Waals surface area contributed by atoms with Gasteiger partial charge in [0, 0.05) is 17.5 Å². The molecule has 0 saturated carbocycles. The van der Waals surface area contributed by atoms with Crippen LogP contribution in [0.2, 0.25) is 0 Å². The maximum Gasteiger partial charge on any atom is 0.360 e. The number of fused-ring (bicyclic) bond motifs is 1. The first-order chi connectivity index (χ1) is 16.0. The minimum absolute atomic E-state index is 0.0686. The highest BCUT2D eigenvalue weighted by Gasteiger charge is 2.44. The lowest BCUT2D eigenvalue weighted by Gasteiger charge is -2.21. The Labute approximate surface area is 197 Å². The van der Waals surface area contributed by atoms with Crippen LogP contribution in [0.15, 0.2) is 66.0 Å². The summed E-state index contributed by atoms with van der Waals surface area (Å²) in [5, 5.41) is 4.27. The van der Waals surface area contributed by atoms with Crippen molar-refractivity contribution in [1.29, 1.82) is 0 Å². The van der Waals surface area contributed by atoms with Gasteiger partial charge in [-0.2, -0.15) is 0 Å². The molecule has 0 spiro atoms. The Kier molecular flexibility index (Phi) is 6.80. The molecule has 0 aliphatic rings. The van der Waals surface area contributed by atoms with Gasteiger partial charge in [-0.25, -0.2) is 9.97 Å². The van der Waals surface area contributed by atoms with Gasteiger partial charge in [-0.3, -0.25) is 13.9 Å². The van der Waals surface area contributed by atoms with Crippen molar-refractivity contribution in [2.75, 3.05) is 5.32 Å². The molecule has 10 nitrogen and oxygen atoms in total. The fourth-order valence-electron chi connectivity index (χ4n) is 3.31. The van der Waals surface area contributed by atoms with Crippen molar-refractivity contribution in [2.45, 2.75) is 11.9 Å². The van der Waals surface area contributed by atoms with Crippen molar-refractivity contribution in [2.24, 2.45) is 0 Å². The SMILES string of the molecule is O=C(Cc1cccc(-c2nc(NC(P(=O)(O)O)P(=O)(O)O)c3ccsc3n2)c1)c1ccccc1. The number of rotatable bonds is 8. The van der Waals surface area contributed by atoms with Crippen molar-refractivity contribution in [3.05, 3.63) is 77.2 Å². The summed E-state index contributed by atoms with van der Waals surface area (Å²) >= 11 is 1.23. The van der Waals surface area contributed by atoms with Crippen LogP contribution in [-0.2, 0) is 15.6 Å². The van der Waals surface area contributed by atoms with Crippen molar-refractivity contribution in [1.82, 2.24) is 9.97 Å². The normalized spacial score (nSPS) is 12.3. The molecule has 4 rings (SSSR count). The molecule has 0 saturated heterocycles. The number of hydrogen-bond acceptors (Lipinski definition) is 7. The molecule has 0 aliphatic carbocycles. The van der Waals surface area contributed by atoms with Crippen LogP contribution in [0.3, 0.4) is 0 Å². The Morgan fingerprint density at radius 2 is 1.65 bits per heavy atom. The Balaban J connectivity index is 1.71. The zero-order valence-corrected chi connectivity index (χ0v) is 20.0. The summed E-state index contributed by atoms with van der Waals surface area (Å²) in [6.45, 7) is 0. The van der Waals surface area contributed by atoms with Gasteiger partial charge >= 0.3 is 15.2 Å². The molecule has 2 heterocycles. The smallest absolute Gasteiger partial charge is 0.346 e. The number of Topliss-reactive ketones (excluding diaryl/α,β-unsaturated/α-hetero) is 1. The molecule has 4 aromatic rings. The van der Waals surface area contributed by atoms with Gasteiger partial charge in [0.25, 0.3) is 0 Å². The number of thiophene rings is 1. The van der Waals surface area contributed by atoms with Gasteiger partial charge in [-0.1, -0.05) is 48.5 Å². The Morgan fingerprint density at radius 1 is 0.941 bits per heavy atom. The van der Waals surface area contributed by atoms with Crippen LogP contribution < -0.4 is 5.32 Å². The largest absolute Gasteiger partial charge is 0.360 e. The molecular formula is C21H19N3O7P2S. The van der Waals surface area contributed by atoms with Gasteiger partial charge < -0.3 is 24.9 Å². The highest BCUT2D eigenvalue weighted by Crippen LogP contribution is 2.59. The average molecular weight is 519 g/mol. The van der Waals surface area contributed by atoms with Crippen LogP contribution in [0.25, 0.3) is 21.6 Å². The third-order valence-electron chi connectivity index (χ3n) is 4.87. The molecule has 0 bridgehead atoms. The predicted molar refractivity (Wildman–Crippen MR) is 129 cm³/mol. The molecule has 0 fully saturated rings. The minimum atomic E-state index is -5.23. The number of carbonyl (C=O) groups excluding carboxylic acids is 1. The zero-order chi connectivity index (χ0) is 24.5. The fourth-order valence-corrected chi connectivity index (χ4v) is 6.23. The van der Waals surface area contributed by atoms with Gasteiger partial charge in [-0.15, -0.1) is 11.3 Å². The number of nitrogens with zero attached hydrogens (tertiary/aromatic N) is 2. The molecular weight excluding hydrogens is 500 g/mol. The van der Waals surface area contributed by atoms with E-state index in [1.54, 1.807) is 60.0 Å². The lowest BCUT2D eigenvalue weighted by atomic mass is 10.0. The predicted octanol–water partition coefficient (Wildman–Crippen LogP) is 3.83. The maximum atomic E-state index is 12.6. The second kappa shape index (κ2) is 9.48. The van der Waals surface area contributed by atoms with Gasteiger partial charge in [0.05, 0.1) is 5.39 Å². The standard InChI is InChI=1S/C21H19N3O7P2S/c25-17(14-6-2-1-3-7-14)12-13-5-4-8-15(11-13)18-22-19(16-9-10-34-20(16)23-18)24-21(32(26,27)28)33(29,30)31/h1-11,21H,12H2,(H,22,23,24)(H2,26,27,28)(H2,29,30,31). The molecule has 2 aromatic heterocycles. The molecule has 0 amide bonds. The zero-order valence-electron chi connectivity index (χ0n) is 17.3. The average Bonchev–Trinajstić information content (AvgIpc) is 3.25. The number of carbonyl (C=O) groups is 1. The van der Waals surface area contributed by atoms with E-state index >= 15 is 0 Å². The third-order valence-corrected chi connectivity index (χ3v) is 9.02. The van der Waals surface area contributed by atoms with E-state index in [1.807, 2.05) is 6.07 Å². The molecule has 0 radical (unpaired) electrons. The molecule has 0 aliphatic heterocycles. The second-order valence-electron chi connectivity index (χ2n) is 7.40. The monoisotopic (exact) mass is 519 g/mol. The molecule has 2 aromatic carbocycles. The first kappa shape index (κ1) is 24.4. The van der Waals surface area contributed by atoms with E-state index in [0.717, 1.165) is 0 Å². The number of benzene rings is 2. The van der Waals surface area contributed by atoms with E-state index in [0.29, 0.717) is 26.9 Å². The minimum Gasteiger partial charge on any atom is -0.346 e. The van der Waals surface area contributed by atoms with Crippen molar-refractivity contribution in [3.8, 4) is 11.4 Å². The van der Waals surface area contributed by atoms with E-state index in [-0.39, 0.29) is 23.8 Å². The van der Waals surface area contributed by atoms with Crippen LogP contribution in [0.5, 0.6) is 0 Å². The van der Waals surface area contributed by atoms with E-state index in [1.165, 1.54) is 11.3 Å². The molecule has 0 atom stereocenters. The molecule has 176 valence electrons. The van der Waals surface area contributed by atoms with E-state index in [2.05, 4.69) is 15.3 Å². The lowest BCUT2D eigenvalue weighted by Crippen LogP contribution is -2.21. The topological polar surface area (TPSA) is 170 Å². The van der Waals surface area contributed by atoms with E-state index < -0.39 is 20.7 Å². The molecule has 34 heavy (non-hydrogen) atoms. The summed E-state index contributed by atoms with van der Waals surface area (Å²) in [6, 6.07) is 17.4. The Hall–Kier alpha value is -2.75. The van der Waals surface area contributed by atoms with Gasteiger partial charge in [0.15, 0.2) is 11.6 Å². The van der Waals surface area contributed by atoms with Crippen molar-refractivity contribution < 1.29 is 33.5 Å². The number of anilines is 1. The summed E-state index contributed by atoms with van der Waals surface area (Å²) in [5.41, 5.74) is -0.642. The van der Waals surface area contributed by atoms with Crippen LogP contribution >= 0.6 is 26.5 Å². The highest BCUT2D eigenvalue weighted by atomic mass is 32.1. The van der Waals surface area contributed by atoms with Crippen LogP contribution in [0, 0.1) is 0 Å². The first-order valence-electron chi connectivity index (χ1n) is 9.82. The first-order valence-corrected chi connectivity index (χ1v) is 14.1. The summed E-state index contributed by atoms with van der Waals surface area (Å²) in [5.74, 6) is -0.0221. The Bertz CT molecular complexity index is 1430. The molecule has 5 N–H and O–H groups in total. The van der Waals surface area contributed by atoms with Gasteiger partial charge in [0.2, 0.25) is 5.52 Å². The number of aromatic nitrogens is 2. The maximum absolute atomic E-state index is 12.6. The third kappa shape index (κ3) is 5.48. The summed E-state index contributed by atoms with van der Waals surface area (Å²) < 4.78 is 23.5. The lowest BCUT2D eigenvalue weighted by molar-refractivity contribution is 0.0993. The number of hydrogen-bond donors (Lipinski definition) is 5. The summed E-state index contributed by atoms with van der Waals surface area (Å²) in [6.07, 6.45) is 0.142. The summed E-state index contributed by atoms with van der Waals surface area (Å²) in [4.78, 5) is 59.7. The van der Waals surface area contributed by atoms with Gasteiger partial charge in [-0.05, 0) is 23.1 Å². The van der Waals surface area contributed by atoms with E-state index in [9.17, 15) is 33.5 Å². The molecule has 13 heteroatoms. The quantitative estimate of drug-likeness (QED) is 0.170. The Morgan fingerprint density at radius 3 is 2.32 bits per heavy atom. The van der Waals surface area contributed by atoms with Crippen LogP contribution in [0.4, 0.5) is 5.82 Å². The van der Waals surface area contributed by atoms with Crippen LogP contribution in [0.1, 0.15) is 15.9 Å². The van der Waals surface area contributed by atoms with Crippen molar-refractivity contribution >= 4 is 48.3 Å². The second-order valence-corrected chi connectivity index (χ2v) is 12.1.